The number of carbonyl (C=O) groups excluding carboxylic acids is 1. The Morgan fingerprint density at radius 1 is 1.09 bits per heavy atom. The molecule has 0 aliphatic carbocycles. The van der Waals surface area contributed by atoms with Crippen molar-refractivity contribution in [3.05, 3.63) is 57.7 Å². The monoisotopic (exact) mass is 486 g/mol. The maximum absolute atomic E-state index is 13.1. The number of thiazole rings is 1. The summed E-state index contributed by atoms with van der Waals surface area (Å²) < 4.78 is 30.7. The lowest BCUT2D eigenvalue weighted by molar-refractivity contribution is 0.0728. The van der Waals surface area contributed by atoms with E-state index in [2.05, 4.69) is 9.71 Å². The molecule has 1 saturated heterocycles. The second-order valence-corrected chi connectivity index (χ2v) is 11.4. The van der Waals surface area contributed by atoms with E-state index in [1.165, 1.54) is 11.3 Å². The molecule has 2 aromatic heterocycles. The fourth-order valence-electron chi connectivity index (χ4n) is 4.06. The van der Waals surface area contributed by atoms with Crippen molar-refractivity contribution >= 4 is 27.3 Å². The van der Waals surface area contributed by atoms with Crippen LogP contribution in [0.5, 0.6) is 0 Å². The molecular weight excluding hydrogens is 456 g/mol. The van der Waals surface area contributed by atoms with Crippen LogP contribution in [0.2, 0.25) is 0 Å². The van der Waals surface area contributed by atoms with Gasteiger partial charge in [-0.3, -0.25) is 4.79 Å². The van der Waals surface area contributed by atoms with Gasteiger partial charge in [0.25, 0.3) is 5.91 Å². The van der Waals surface area contributed by atoms with Gasteiger partial charge in [-0.1, -0.05) is 29.8 Å². The third-order valence-electron chi connectivity index (χ3n) is 6.22. The van der Waals surface area contributed by atoms with Gasteiger partial charge < -0.3 is 9.47 Å². The molecule has 1 aromatic carbocycles. The van der Waals surface area contributed by atoms with Crippen molar-refractivity contribution in [3.63, 3.8) is 0 Å². The Kier molecular flexibility index (Phi) is 6.74. The summed E-state index contributed by atoms with van der Waals surface area (Å²) in [6, 6.07) is 9.41. The minimum Gasteiger partial charge on any atom is -0.345 e. The van der Waals surface area contributed by atoms with Crippen LogP contribution < -0.4 is 4.72 Å². The van der Waals surface area contributed by atoms with Crippen LogP contribution in [0.3, 0.4) is 0 Å². The standard InChI is InChI=1S/C24H30N4O3S2/c1-16-8-10-19(11-9-16)15-25-33(30,31)21-14-20(27(4)18(21)3)23-26-17(2)22(32-23)24(29)28-12-6-5-7-13-28/h8-11,14,25H,5-7,12-13,15H2,1-4H3. The second kappa shape index (κ2) is 9.40. The zero-order valence-corrected chi connectivity index (χ0v) is 21.1. The number of nitrogens with zero attached hydrogens (tertiary/aromatic N) is 3. The highest BCUT2D eigenvalue weighted by Crippen LogP contribution is 2.33. The van der Waals surface area contributed by atoms with Gasteiger partial charge in [-0.15, -0.1) is 11.3 Å². The van der Waals surface area contributed by atoms with Gasteiger partial charge in [-0.25, -0.2) is 18.1 Å². The number of sulfonamides is 1. The molecule has 0 unspecified atom stereocenters. The van der Waals surface area contributed by atoms with Crippen molar-refractivity contribution in [3.8, 4) is 10.7 Å². The summed E-state index contributed by atoms with van der Waals surface area (Å²) in [5.74, 6) is 0.0227. The number of aryl methyl sites for hydroxylation is 2. The molecule has 1 aliphatic heterocycles. The maximum atomic E-state index is 13.1. The minimum absolute atomic E-state index is 0.0227. The first-order chi connectivity index (χ1) is 15.7. The maximum Gasteiger partial charge on any atom is 0.265 e. The number of amides is 1. The molecule has 7 nitrogen and oxygen atoms in total. The van der Waals surface area contributed by atoms with Crippen LogP contribution in [-0.4, -0.2) is 41.9 Å². The molecule has 0 bridgehead atoms. The van der Waals surface area contributed by atoms with Crippen molar-refractivity contribution in [2.45, 2.75) is 51.5 Å². The number of piperidine rings is 1. The summed E-state index contributed by atoms with van der Waals surface area (Å²) in [4.78, 5) is 20.4. The molecule has 9 heteroatoms. The predicted molar refractivity (Wildman–Crippen MR) is 131 cm³/mol. The normalized spacial score (nSPS) is 14.6. The van der Waals surface area contributed by atoms with Crippen molar-refractivity contribution in [2.75, 3.05) is 13.1 Å². The summed E-state index contributed by atoms with van der Waals surface area (Å²) >= 11 is 1.33. The third kappa shape index (κ3) is 4.90. The Hall–Kier alpha value is -2.49. The molecular formula is C24H30N4O3S2. The smallest absolute Gasteiger partial charge is 0.265 e. The zero-order chi connectivity index (χ0) is 23.8. The Morgan fingerprint density at radius 3 is 2.42 bits per heavy atom. The molecule has 1 aliphatic rings. The number of carbonyl (C=O) groups is 1. The predicted octanol–water partition coefficient (Wildman–Crippen LogP) is 4.18. The quantitative estimate of drug-likeness (QED) is 0.567. The van der Waals surface area contributed by atoms with Gasteiger partial charge in [0.1, 0.15) is 14.8 Å². The highest BCUT2D eigenvalue weighted by molar-refractivity contribution is 7.89. The summed E-state index contributed by atoms with van der Waals surface area (Å²) in [6.45, 7) is 7.40. The van der Waals surface area contributed by atoms with Gasteiger partial charge in [0.2, 0.25) is 10.0 Å². The van der Waals surface area contributed by atoms with E-state index in [1.54, 1.807) is 13.0 Å². The van der Waals surface area contributed by atoms with E-state index in [4.69, 9.17) is 0 Å². The van der Waals surface area contributed by atoms with Crippen molar-refractivity contribution in [2.24, 2.45) is 7.05 Å². The summed E-state index contributed by atoms with van der Waals surface area (Å²) in [6.07, 6.45) is 3.23. The van der Waals surface area contributed by atoms with Crippen LogP contribution in [-0.2, 0) is 23.6 Å². The summed E-state index contributed by atoms with van der Waals surface area (Å²) in [5, 5.41) is 0.651. The molecule has 0 spiro atoms. The Bertz CT molecular complexity index is 1270. The molecule has 1 amide bonds. The summed E-state index contributed by atoms with van der Waals surface area (Å²) in [5.41, 5.74) is 4.02. The molecule has 33 heavy (non-hydrogen) atoms. The largest absolute Gasteiger partial charge is 0.345 e. The van der Waals surface area contributed by atoms with Crippen LogP contribution in [0.4, 0.5) is 0 Å². The third-order valence-corrected chi connectivity index (χ3v) is 8.90. The lowest BCUT2D eigenvalue weighted by atomic mass is 10.1. The Labute approximate surface area is 199 Å². The average Bonchev–Trinajstić information content (AvgIpc) is 3.33. The second-order valence-electron chi connectivity index (χ2n) is 8.63. The number of hydrogen-bond acceptors (Lipinski definition) is 5. The topological polar surface area (TPSA) is 84.3 Å². The lowest BCUT2D eigenvalue weighted by Gasteiger charge is -2.26. The highest BCUT2D eigenvalue weighted by Gasteiger charge is 2.27. The molecule has 3 heterocycles. The van der Waals surface area contributed by atoms with Gasteiger partial charge in [0, 0.05) is 32.4 Å². The number of aromatic nitrogens is 2. The van der Waals surface area contributed by atoms with Crippen LogP contribution in [0.15, 0.2) is 35.2 Å². The zero-order valence-electron chi connectivity index (χ0n) is 19.5. The average molecular weight is 487 g/mol. The Morgan fingerprint density at radius 2 is 1.76 bits per heavy atom. The molecule has 0 atom stereocenters. The Balaban J connectivity index is 1.59. The molecule has 0 saturated carbocycles. The minimum atomic E-state index is -3.71. The van der Waals surface area contributed by atoms with E-state index in [0.29, 0.717) is 27.0 Å². The number of hydrogen-bond donors (Lipinski definition) is 1. The molecule has 176 valence electrons. The van der Waals surface area contributed by atoms with Gasteiger partial charge in [0.15, 0.2) is 0 Å². The summed E-state index contributed by atoms with van der Waals surface area (Å²) in [7, 11) is -1.89. The SMILES string of the molecule is Cc1ccc(CNS(=O)(=O)c2cc(-c3nc(C)c(C(=O)N4CCCCC4)s3)n(C)c2C)cc1. The highest BCUT2D eigenvalue weighted by atomic mass is 32.2. The van der Waals surface area contributed by atoms with Crippen LogP contribution in [0, 0.1) is 20.8 Å². The van der Waals surface area contributed by atoms with E-state index in [0.717, 1.165) is 43.5 Å². The molecule has 3 aromatic rings. The number of nitrogens with one attached hydrogen (secondary N) is 1. The van der Waals surface area contributed by atoms with Crippen molar-refractivity contribution in [1.82, 2.24) is 19.2 Å². The first-order valence-electron chi connectivity index (χ1n) is 11.2. The van der Waals surface area contributed by atoms with Crippen LogP contribution in [0.1, 0.15) is 51.4 Å². The van der Waals surface area contributed by atoms with E-state index in [-0.39, 0.29) is 17.3 Å². The van der Waals surface area contributed by atoms with Crippen molar-refractivity contribution < 1.29 is 13.2 Å². The first kappa shape index (κ1) is 23.7. The van der Waals surface area contributed by atoms with E-state index in [1.807, 2.05) is 54.6 Å². The molecule has 4 rings (SSSR count). The van der Waals surface area contributed by atoms with Crippen LogP contribution >= 0.6 is 11.3 Å². The van der Waals surface area contributed by atoms with Gasteiger partial charge in [0.05, 0.1) is 11.4 Å². The fraction of sp³-hybridized carbons (Fsp3) is 0.417. The van der Waals surface area contributed by atoms with E-state index in [9.17, 15) is 13.2 Å². The molecule has 1 N–H and O–H groups in total. The van der Waals surface area contributed by atoms with Gasteiger partial charge in [-0.2, -0.15) is 0 Å². The van der Waals surface area contributed by atoms with E-state index >= 15 is 0 Å². The fourth-order valence-corrected chi connectivity index (χ4v) is 6.45. The van der Waals surface area contributed by atoms with E-state index < -0.39 is 10.0 Å². The lowest BCUT2D eigenvalue weighted by Crippen LogP contribution is -2.35. The van der Waals surface area contributed by atoms with Gasteiger partial charge in [-0.05, 0) is 51.7 Å². The van der Waals surface area contributed by atoms with Crippen LogP contribution in [0.25, 0.3) is 10.7 Å². The molecule has 1 fully saturated rings. The van der Waals surface area contributed by atoms with Crippen molar-refractivity contribution in [1.29, 1.82) is 0 Å². The molecule has 0 radical (unpaired) electrons. The first-order valence-corrected chi connectivity index (χ1v) is 13.5. The number of rotatable bonds is 6. The van der Waals surface area contributed by atoms with Gasteiger partial charge >= 0.3 is 0 Å². The number of likely N-dealkylation sites (tertiary alicyclic amines) is 1. The number of benzene rings is 1.